The molecule has 162 valence electrons. The van der Waals surface area contributed by atoms with Gasteiger partial charge in [0.25, 0.3) is 0 Å². The number of nitrogens with zero attached hydrogens (tertiary/aromatic N) is 2. The molecule has 6 nitrogen and oxygen atoms in total. The molecule has 1 heterocycles. The number of benzene rings is 1. The number of hydrogen-bond acceptors (Lipinski definition) is 3. The zero-order chi connectivity index (χ0) is 21.3. The van der Waals surface area contributed by atoms with Crippen molar-refractivity contribution in [1.82, 2.24) is 15.5 Å². The Balaban J connectivity index is 1.88. The van der Waals surface area contributed by atoms with Gasteiger partial charge in [0.05, 0.1) is 12.1 Å². The van der Waals surface area contributed by atoms with Gasteiger partial charge in [-0.25, -0.2) is 4.99 Å². The molecule has 0 saturated carbocycles. The van der Waals surface area contributed by atoms with Crippen molar-refractivity contribution in [3.05, 3.63) is 29.8 Å². The predicted octanol–water partition coefficient (Wildman–Crippen LogP) is 2.90. The van der Waals surface area contributed by atoms with Crippen LogP contribution in [0.2, 0.25) is 0 Å². The topological polar surface area (TPSA) is 66.0 Å². The van der Waals surface area contributed by atoms with Crippen molar-refractivity contribution < 1.29 is 22.7 Å². The van der Waals surface area contributed by atoms with Crippen LogP contribution in [0.15, 0.2) is 29.3 Å². The zero-order valence-electron chi connectivity index (χ0n) is 16.9. The molecule has 0 radical (unpaired) electrons. The number of likely N-dealkylation sites (tertiary alicyclic amines) is 1. The maximum Gasteiger partial charge on any atom is 0.419 e. The summed E-state index contributed by atoms with van der Waals surface area (Å²) < 4.78 is 44.4. The fraction of sp³-hybridized carbons (Fsp3) is 0.600. The first-order valence-electron chi connectivity index (χ1n) is 9.88. The van der Waals surface area contributed by atoms with Gasteiger partial charge in [-0.15, -0.1) is 0 Å². The molecule has 2 rings (SSSR count). The number of aliphatic imine (C=N–C) groups is 1. The highest BCUT2D eigenvalue weighted by molar-refractivity contribution is 5.80. The van der Waals surface area contributed by atoms with E-state index in [1.165, 1.54) is 18.2 Å². The monoisotopic (exact) mass is 414 g/mol. The van der Waals surface area contributed by atoms with Gasteiger partial charge < -0.3 is 20.3 Å². The summed E-state index contributed by atoms with van der Waals surface area (Å²) in [4.78, 5) is 18.1. The van der Waals surface area contributed by atoms with E-state index in [-0.39, 0.29) is 24.8 Å². The van der Waals surface area contributed by atoms with Crippen molar-refractivity contribution in [1.29, 1.82) is 0 Å². The number of alkyl halides is 3. The lowest BCUT2D eigenvalue weighted by atomic mass is 9.93. The molecular formula is C20H29F3N4O2. The molecule has 9 heteroatoms. The number of carbonyl (C=O) groups is 1. The van der Waals surface area contributed by atoms with Gasteiger partial charge in [-0.1, -0.05) is 12.1 Å². The molecule has 1 fully saturated rings. The summed E-state index contributed by atoms with van der Waals surface area (Å²) in [7, 11) is 1.64. The van der Waals surface area contributed by atoms with Crippen LogP contribution in [0.25, 0.3) is 0 Å². The minimum absolute atomic E-state index is 0.0507. The number of ether oxygens (including phenoxy) is 1. The largest absolute Gasteiger partial charge is 0.491 e. The van der Waals surface area contributed by atoms with Gasteiger partial charge in [0.15, 0.2) is 5.96 Å². The highest BCUT2D eigenvalue weighted by Crippen LogP contribution is 2.35. The van der Waals surface area contributed by atoms with E-state index in [4.69, 9.17) is 4.74 Å². The summed E-state index contributed by atoms with van der Waals surface area (Å²) in [6.07, 6.45) is -2.13. The van der Waals surface area contributed by atoms with Crippen LogP contribution in [0, 0.1) is 5.92 Å². The quantitative estimate of drug-likeness (QED) is 0.409. The van der Waals surface area contributed by atoms with Crippen LogP contribution in [-0.2, 0) is 11.0 Å². The lowest BCUT2D eigenvalue weighted by Gasteiger charge is -2.34. The Bertz CT molecular complexity index is 687. The molecule has 0 spiro atoms. The van der Waals surface area contributed by atoms with Crippen molar-refractivity contribution in [2.75, 3.05) is 39.8 Å². The number of piperidine rings is 1. The summed E-state index contributed by atoms with van der Waals surface area (Å²) in [6, 6.07) is 5.17. The number of halogens is 3. The molecule has 2 N–H and O–H groups in total. The second kappa shape index (κ2) is 10.9. The number of para-hydroxylation sites is 1. The average Bonchev–Trinajstić information content (AvgIpc) is 2.70. The van der Waals surface area contributed by atoms with E-state index in [1.807, 2.05) is 6.92 Å². The molecule has 0 bridgehead atoms. The normalized spacial score (nSPS) is 15.9. The Kier molecular flexibility index (Phi) is 8.60. The van der Waals surface area contributed by atoms with Crippen molar-refractivity contribution in [3.63, 3.8) is 0 Å². The molecule has 1 saturated heterocycles. The molecule has 0 aliphatic carbocycles. The highest BCUT2D eigenvalue weighted by atomic mass is 19.4. The standard InChI is InChI=1S/C20H29F3N4O2/c1-3-25-19(27-11-8-15(9-12-27)14-18(28)24-2)26-10-13-29-17-7-5-4-6-16(17)20(21,22)23/h4-7,15H,3,8-14H2,1-2H3,(H,24,28)(H,25,26). The molecule has 1 aromatic carbocycles. The lowest BCUT2D eigenvalue weighted by Crippen LogP contribution is -2.46. The first-order valence-corrected chi connectivity index (χ1v) is 9.88. The molecule has 29 heavy (non-hydrogen) atoms. The molecular weight excluding hydrogens is 385 g/mol. The van der Waals surface area contributed by atoms with E-state index >= 15 is 0 Å². The molecule has 0 unspecified atom stereocenters. The lowest BCUT2D eigenvalue weighted by molar-refractivity contribution is -0.139. The Morgan fingerprint density at radius 1 is 1.28 bits per heavy atom. The third kappa shape index (κ3) is 7.14. The summed E-state index contributed by atoms with van der Waals surface area (Å²) >= 11 is 0. The van der Waals surface area contributed by atoms with Gasteiger partial charge in [0, 0.05) is 33.1 Å². The molecule has 1 aliphatic rings. The van der Waals surface area contributed by atoms with Gasteiger partial charge in [-0.2, -0.15) is 13.2 Å². The molecule has 1 amide bonds. The first kappa shape index (κ1) is 22.8. The van der Waals surface area contributed by atoms with Gasteiger partial charge in [0.2, 0.25) is 5.91 Å². The Labute approximate surface area is 169 Å². The molecule has 1 aliphatic heterocycles. The van der Waals surface area contributed by atoms with E-state index in [0.29, 0.717) is 18.9 Å². The summed E-state index contributed by atoms with van der Waals surface area (Å²) in [5, 5.41) is 5.87. The van der Waals surface area contributed by atoms with Crippen molar-refractivity contribution >= 4 is 11.9 Å². The smallest absolute Gasteiger partial charge is 0.419 e. The van der Waals surface area contributed by atoms with Crippen molar-refractivity contribution in [3.8, 4) is 5.75 Å². The number of rotatable bonds is 7. The van der Waals surface area contributed by atoms with Crippen molar-refractivity contribution in [2.45, 2.75) is 32.4 Å². The third-order valence-corrected chi connectivity index (χ3v) is 4.80. The molecule has 0 atom stereocenters. The highest BCUT2D eigenvalue weighted by Gasteiger charge is 2.34. The van der Waals surface area contributed by atoms with E-state index in [9.17, 15) is 18.0 Å². The number of nitrogens with one attached hydrogen (secondary N) is 2. The Morgan fingerprint density at radius 2 is 1.97 bits per heavy atom. The predicted molar refractivity (Wildman–Crippen MR) is 106 cm³/mol. The Morgan fingerprint density at radius 3 is 2.59 bits per heavy atom. The second-order valence-electron chi connectivity index (χ2n) is 6.89. The van der Waals surface area contributed by atoms with E-state index in [0.717, 1.165) is 38.0 Å². The van der Waals surface area contributed by atoms with Gasteiger partial charge >= 0.3 is 6.18 Å². The molecule has 1 aromatic rings. The van der Waals surface area contributed by atoms with Crippen LogP contribution < -0.4 is 15.4 Å². The molecule has 0 aromatic heterocycles. The van der Waals surface area contributed by atoms with Crippen LogP contribution in [0.4, 0.5) is 13.2 Å². The van der Waals surface area contributed by atoms with Crippen LogP contribution in [0.1, 0.15) is 31.7 Å². The SMILES string of the molecule is CCNC(=NCCOc1ccccc1C(F)(F)F)N1CCC(CC(=O)NC)CC1. The number of amides is 1. The van der Waals surface area contributed by atoms with Crippen LogP contribution >= 0.6 is 0 Å². The Hall–Kier alpha value is -2.45. The maximum atomic E-state index is 13.0. The van der Waals surface area contributed by atoms with Crippen LogP contribution in [-0.4, -0.2) is 56.6 Å². The van der Waals surface area contributed by atoms with Crippen LogP contribution in [0.3, 0.4) is 0 Å². The average molecular weight is 414 g/mol. The summed E-state index contributed by atoms with van der Waals surface area (Å²) in [6.45, 7) is 4.51. The first-order chi connectivity index (χ1) is 13.8. The maximum absolute atomic E-state index is 13.0. The third-order valence-electron chi connectivity index (χ3n) is 4.80. The van der Waals surface area contributed by atoms with E-state index in [1.54, 1.807) is 7.05 Å². The number of guanidine groups is 1. The van der Waals surface area contributed by atoms with E-state index < -0.39 is 11.7 Å². The van der Waals surface area contributed by atoms with Gasteiger partial charge in [0.1, 0.15) is 12.4 Å². The van der Waals surface area contributed by atoms with E-state index in [2.05, 4.69) is 20.5 Å². The summed E-state index contributed by atoms with van der Waals surface area (Å²) in [5.41, 5.74) is -0.783. The van der Waals surface area contributed by atoms with Gasteiger partial charge in [-0.05, 0) is 37.8 Å². The minimum atomic E-state index is -4.45. The number of hydrogen-bond donors (Lipinski definition) is 2. The number of carbonyl (C=O) groups excluding carboxylic acids is 1. The fourth-order valence-electron chi connectivity index (χ4n) is 3.27. The second-order valence-corrected chi connectivity index (χ2v) is 6.89. The zero-order valence-corrected chi connectivity index (χ0v) is 16.9. The van der Waals surface area contributed by atoms with Crippen molar-refractivity contribution in [2.24, 2.45) is 10.9 Å². The fourth-order valence-corrected chi connectivity index (χ4v) is 3.27. The minimum Gasteiger partial charge on any atom is -0.491 e. The summed E-state index contributed by atoms with van der Waals surface area (Å²) in [5.74, 6) is 0.949. The van der Waals surface area contributed by atoms with Gasteiger partial charge in [-0.3, -0.25) is 4.79 Å². The van der Waals surface area contributed by atoms with Crippen LogP contribution in [0.5, 0.6) is 5.75 Å².